The Kier molecular flexibility index (Phi) is 3.67. The number of nitrogen functional groups attached to an aromatic ring is 1. The summed E-state index contributed by atoms with van der Waals surface area (Å²) < 4.78 is 31.1. The Morgan fingerprint density at radius 1 is 1.42 bits per heavy atom. The molecule has 0 radical (unpaired) electrons. The van der Waals surface area contributed by atoms with Gasteiger partial charge in [0.05, 0.1) is 13.3 Å². The number of nitrogens with zero attached hydrogens (tertiary/aromatic N) is 2. The van der Waals surface area contributed by atoms with E-state index in [4.69, 9.17) is 10.5 Å². The fourth-order valence-electron chi connectivity index (χ4n) is 1.39. The van der Waals surface area contributed by atoms with Crippen LogP contribution < -0.4 is 15.2 Å². The van der Waals surface area contributed by atoms with Crippen LogP contribution in [0.5, 0.6) is 5.88 Å². The molecule has 0 saturated heterocycles. The average molecular weight is 283 g/mol. The fourth-order valence-corrected chi connectivity index (χ4v) is 2.43. The predicted molar refractivity (Wildman–Crippen MR) is 67.8 cm³/mol. The van der Waals surface area contributed by atoms with Crippen molar-refractivity contribution in [3.05, 3.63) is 30.1 Å². The van der Waals surface area contributed by atoms with E-state index in [0.717, 1.165) is 6.20 Å². The minimum atomic E-state index is -3.69. The smallest absolute Gasteiger partial charge is 0.246 e. The molecular formula is C10H13N5O3S. The number of aromatic nitrogens is 3. The van der Waals surface area contributed by atoms with Crippen LogP contribution in [0.15, 0.2) is 29.4 Å². The van der Waals surface area contributed by atoms with E-state index in [0.29, 0.717) is 11.4 Å². The van der Waals surface area contributed by atoms with Crippen LogP contribution in [0.3, 0.4) is 0 Å². The second-order valence-corrected chi connectivity index (χ2v) is 5.42. The predicted octanol–water partition coefficient (Wildman–Crippen LogP) is -0.126. The van der Waals surface area contributed by atoms with Gasteiger partial charge in [-0.3, -0.25) is 5.10 Å². The highest BCUT2D eigenvalue weighted by atomic mass is 32.2. The summed E-state index contributed by atoms with van der Waals surface area (Å²) in [6, 6.07) is 3.36. The number of pyridine rings is 1. The van der Waals surface area contributed by atoms with Crippen LogP contribution in [-0.2, 0) is 16.6 Å². The number of hydrogen-bond acceptors (Lipinski definition) is 6. The van der Waals surface area contributed by atoms with Gasteiger partial charge in [0.25, 0.3) is 0 Å². The molecule has 0 aliphatic carbocycles. The lowest BCUT2D eigenvalue weighted by molar-refractivity contribution is 0.397. The highest BCUT2D eigenvalue weighted by Gasteiger charge is 2.18. The molecule has 0 atom stereocenters. The Morgan fingerprint density at radius 3 is 2.74 bits per heavy atom. The van der Waals surface area contributed by atoms with Gasteiger partial charge in [0.2, 0.25) is 15.9 Å². The first-order valence-electron chi connectivity index (χ1n) is 5.30. The molecule has 8 nitrogen and oxygen atoms in total. The lowest BCUT2D eigenvalue weighted by Crippen LogP contribution is -2.23. The molecule has 0 amide bonds. The maximum atomic E-state index is 11.9. The van der Waals surface area contributed by atoms with Gasteiger partial charge >= 0.3 is 0 Å². The number of rotatable bonds is 5. The van der Waals surface area contributed by atoms with Crippen LogP contribution in [-0.4, -0.2) is 30.7 Å². The van der Waals surface area contributed by atoms with Crippen molar-refractivity contribution >= 4 is 15.8 Å². The first-order chi connectivity index (χ1) is 9.03. The molecule has 2 heterocycles. The van der Waals surface area contributed by atoms with E-state index in [1.54, 1.807) is 12.1 Å². The molecule has 0 aromatic carbocycles. The van der Waals surface area contributed by atoms with Crippen molar-refractivity contribution in [1.29, 1.82) is 0 Å². The molecule has 0 unspecified atom stereocenters. The molecule has 102 valence electrons. The van der Waals surface area contributed by atoms with Gasteiger partial charge in [-0.15, -0.1) is 0 Å². The van der Waals surface area contributed by atoms with Crippen molar-refractivity contribution in [3.63, 3.8) is 0 Å². The van der Waals surface area contributed by atoms with Crippen molar-refractivity contribution in [2.45, 2.75) is 11.4 Å². The van der Waals surface area contributed by atoms with Crippen LogP contribution >= 0.6 is 0 Å². The summed E-state index contributed by atoms with van der Waals surface area (Å²) in [4.78, 5) is 3.90. The van der Waals surface area contributed by atoms with Crippen LogP contribution in [0.25, 0.3) is 0 Å². The summed E-state index contributed by atoms with van der Waals surface area (Å²) in [5.74, 6) is 0.464. The molecule has 9 heteroatoms. The number of nitrogens with one attached hydrogen (secondary N) is 2. The Morgan fingerprint density at radius 2 is 2.21 bits per heavy atom. The molecule has 0 fully saturated rings. The Balaban J connectivity index is 2.07. The Hall–Kier alpha value is -2.13. The summed E-state index contributed by atoms with van der Waals surface area (Å²) in [6.45, 7) is 0.101. The number of aromatic amines is 1. The molecule has 0 spiro atoms. The van der Waals surface area contributed by atoms with Gasteiger partial charge in [0, 0.05) is 18.8 Å². The van der Waals surface area contributed by atoms with Crippen LogP contribution in [0.2, 0.25) is 0 Å². The summed E-state index contributed by atoms with van der Waals surface area (Å²) >= 11 is 0. The highest BCUT2D eigenvalue weighted by Crippen LogP contribution is 2.14. The van der Waals surface area contributed by atoms with E-state index in [-0.39, 0.29) is 17.3 Å². The number of ether oxygens (including phenoxy) is 1. The quantitative estimate of drug-likeness (QED) is 0.702. The molecule has 2 aromatic rings. The number of nitrogens with two attached hydrogens (primary N) is 1. The van der Waals surface area contributed by atoms with Crippen molar-refractivity contribution in [2.75, 3.05) is 12.8 Å². The van der Waals surface area contributed by atoms with Gasteiger partial charge in [-0.05, 0) is 5.56 Å². The fraction of sp³-hybridized carbons (Fsp3) is 0.200. The minimum Gasteiger partial charge on any atom is -0.481 e. The maximum absolute atomic E-state index is 11.9. The molecule has 4 N–H and O–H groups in total. The summed E-state index contributed by atoms with van der Waals surface area (Å²) in [7, 11) is -2.18. The van der Waals surface area contributed by atoms with Crippen LogP contribution in [0.1, 0.15) is 5.56 Å². The normalized spacial score (nSPS) is 11.4. The third kappa shape index (κ3) is 3.01. The van der Waals surface area contributed by atoms with Gasteiger partial charge in [-0.25, -0.2) is 18.1 Å². The first kappa shape index (κ1) is 13.3. The second kappa shape index (κ2) is 5.24. The summed E-state index contributed by atoms with van der Waals surface area (Å²) in [5, 5.41) is 5.94. The first-order valence-corrected chi connectivity index (χ1v) is 6.78. The van der Waals surface area contributed by atoms with Crippen molar-refractivity contribution < 1.29 is 13.2 Å². The van der Waals surface area contributed by atoms with Crippen LogP contribution in [0.4, 0.5) is 5.82 Å². The van der Waals surface area contributed by atoms with Crippen molar-refractivity contribution in [2.24, 2.45) is 0 Å². The third-order valence-corrected chi connectivity index (χ3v) is 3.82. The highest BCUT2D eigenvalue weighted by molar-refractivity contribution is 7.89. The van der Waals surface area contributed by atoms with Crippen LogP contribution in [0, 0.1) is 0 Å². The average Bonchev–Trinajstić information content (AvgIpc) is 2.84. The van der Waals surface area contributed by atoms with E-state index in [2.05, 4.69) is 19.9 Å². The molecule has 2 aromatic heterocycles. The molecule has 19 heavy (non-hydrogen) atoms. The summed E-state index contributed by atoms with van der Waals surface area (Å²) in [5.41, 5.74) is 6.17. The maximum Gasteiger partial charge on any atom is 0.246 e. The van der Waals surface area contributed by atoms with Gasteiger partial charge in [-0.1, -0.05) is 6.07 Å². The SMILES string of the molecule is COc1ccc(CNS(=O)(=O)c2cn[nH]c2N)cn1. The van der Waals surface area contributed by atoms with Gasteiger partial charge < -0.3 is 10.5 Å². The monoisotopic (exact) mass is 283 g/mol. The van der Waals surface area contributed by atoms with Crippen molar-refractivity contribution in [1.82, 2.24) is 19.9 Å². The molecule has 0 saturated carbocycles. The Labute approximate surface area is 110 Å². The molecule has 2 rings (SSSR count). The lowest BCUT2D eigenvalue weighted by atomic mass is 10.3. The topological polar surface area (TPSA) is 123 Å². The van der Waals surface area contributed by atoms with Crippen molar-refractivity contribution in [3.8, 4) is 5.88 Å². The standard InChI is InChI=1S/C10H13N5O3S/c1-18-9-3-2-7(4-12-9)5-14-19(16,17)8-6-13-15-10(8)11/h2-4,6,14H,5H2,1H3,(H3,11,13,15). The van der Waals surface area contributed by atoms with E-state index in [1.807, 2.05) is 0 Å². The zero-order valence-electron chi connectivity index (χ0n) is 10.1. The van der Waals surface area contributed by atoms with Gasteiger partial charge in [0.1, 0.15) is 10.7 Å². The second-order valence-electron chi connectivity index (χ2n) is 3.68. The summed E-state index contributed by atoms with van der Waals surface area (Å²) in [6.07, 6.45) is 2.68. The molecule has 0 aliphatic rings. The zero-order chi connectivity index (χ0) is 13.9. The Bertz CT molecular complexity index is 650. The minimum absolute atomic E-state index is 0.000330. The largest absolute Gasteiger partial charge is 0.481 e. The number of methoxy groups -OCH3 is 1. The number of sulfonamides is 1. The lowest BCUT2D eigenvalue weighted by Gasteiger charge is -2.06. The number of anilines is 1. The zero-order valence-corrected chi connectivity index (χ0v) is 10.9. The number of hydrogen-bond donors (Lipinski definition) is 3. The third-order valence-electron chi connectivity index (χ3n) is 2.39. The molecule has 0 aliphatic heterocycles. The van der Waals surface area contributed by atoms with Gasteiger partial charge in [0.15, 0.2) is 0 Å². The molecular weight excluding hydrogens is 270 g/mol. The van der Waals surface area contributed by atoms with Gasteiger partial charge in [-0.2, -0.15) is 5.10 Å². The van der Waals surface area contributed by atoms with E-state index in [9.17, 15) is 8.42 Å². The number of H-pyrrole nitrogens is 1. The van der Waals surface area contributed by atoms with E-state index >= 15 is 0 Å². The van der Waals surface area contributed by atoms with E-state index in [1.165, 1.54) is 13.3 Å². The van der Waals surface area contributed by atoms with E-state index < -0.39 is 10.0 Å². The molecule has 0 bridgehead atoms.